The van der Waals surface area contributed by atoms with E-state index < -0.39 is 5.97 Å². The first-order chi connectivity index (χ1) is 6.68. The molecular formula is C10H14N2O2. The van der Waals surface area contributed by atoms with Gasteiger partial charge in [-0.2, -0.15) is 5.10 Å². The van der Waals surface area contributed by atoms with Crippen molar-refractivity contribution < 1.29 is 9.90 Å². The number of nitrogens with zero attached hydrogens (tertiary/aromatic N) is 2. The summed E-state index contributed by atoms with van der Waals surface area (Å²) in [4.78, 5) is 10.9. The van der Waals surface area contributed by atoms with E-state index in [1.807, 2.05) is 13.2 Å². The first-order valence-corrected chi connectivity index (χ1v) is 4.91. The minimum absolute atomic E-state index is 0.230. The van der Waals surface area contributed by atoms with Gasteiger partial charge >= 0.3 is 5.97 Å². The molecule has 76 valence electrons. The maximum atomic E-state index is 10.9. The summed E-state index contributed by atoms with van der Waals surface area (Å²) in [5.74, 6) is -0.911. The molecule has 0 unspecified atom stereocenters. The lowest BCUT2D eigenvalue weighted by molar-refractivity contribution is -0.141. The van der Waals surface area contributed by atoms with Gasteiger partial charge in [0.15, 0.2) is 0 Å². The van der Waals surface area contributed by atoms with Crippen LogP contribution in [-0.4, -0.2) is 20.9 Å². The predicted octanol–water partition coefficient (Wildman–Crippen LogP) is 1.000. The van der Waals surface area contributed by atoms with Crippen molar-refractivity contribution in [3.63, 3.8) is 0 Å². The summed E-state index contributed by atoms with van der Waals surface area (Å²) in [6, 6.07) is 0. The summed E-state index contributed by atoms with van der Waals surface area (Å²) in [6.45, 7) is 0. The van der Waals surface area contributed by atoms with Crippen molar-refractivity contribution in [2.45, 2.75) is 25.7 Å². The monoisotopic (exact) mass is 194 g/mol. The van der Waals surface area contributed by atoms with E-state index in [9.17, 15) is 4.79 Å². The number of hydrogen-bond donors (Lipinski definition) is 1. The molecule has 0 aliphatic heterocycles. The molecule has 0 spiro atoms. The molecule has 0 saturated carbocycles. The average molecular weight is 194 g/mol. The third-order valence-corrected chi connectivity index (χ3v) is 2.94. The van der Waals surface area contributed by atoms with Crippen molar-refractivity contribution in [1.82, 2.24) is 9.78 Å². The molecule has 2 rings (SSSR count). The van der Waals surface area contributed by atoms with Gasteiger partial charge in [-0.3, -0.25) is 9.48 Å². The van der Waals surface area contributed by atoms with E-state index in [0.29, 0.717) is 6.42 Å². The summed E-state index contributed by atoms with van der Waals surface area (Å²) in [6.07, 6.45) is 5.19. The number of carboxylic acids is 1. The maximum Gasteiger partial charge on any atom is 0.306 e. The van der Waals surface area contributed by atoms with Crippen molar-refractivity contribution in [2.75, 3.05) is 0 Å². The number of fused-ring (bicyclic) bond motifs is 1. The molecule has 1 aliphatic rings. The number of rotatable bonds is 1. The first kappa shape index (κ1) is 9.24. The quantitative estimate of drug-likeness (QED) is 0.678. The van der Waals surface area contributed by atoms with Crippen LogP contribution in [0.5, 0.6) is 0 Å². The Morgan fingerprint density at radius 3 is 3.21 bits per heavy atom. The molecule has 4 nitrogen and oxygen atoms in total. The number of aliphatic carboxylic acids is 1. The van der Waals surface area contributed by atoms with E-state index in [1.165, 1.54) is 5.56 Å². The fourth-order valence-electron chi connectivity index (χ4n) is 2.07. The van der Waals surface area contributed by atoms with Gasteiger partial charge in [0.1, 0.15) is 0 Å². The van der Waals surface area contributed by atoms with Gasteiger partial charge in [0.05, 0.1) is 12.1 Å². The number of aryl methyl sites for hydroxylation is 2. The first-order valence-electron chi connectivity index (χ1n) is 4.91. The second kappa shape index (κ2) is 3.44. The molecule has 4 heteroatoms. The zero-order valence-electron chi connectivity index (χ0n) is 8.23. The molecule has 0 radical (unpaired) electrons. The van der Waals surface area contributed by atoms with Crippen molar-refractivity contribution >= 4 is 5.97 Å². The standard InChI is InChI=1S/C10H14N2O2/c1-12-9-5-7(10(13)14)3-2-4-8(9)6-11-12/h6-7H,2-5H2,1H3,(H,13,14)/t7-/m1/s1. The molecule has 0 saturated heterocycles. The second-order valence-corrected chi connectivity index (χ2v) is 3.87. The minimum Gasteiger partial charge on any atom is -0.481 e. The highest BCUT2D eigenvalue weighted by Gasteiger charge is 2.24. The Balaban J connectivity index is 2.29. The molecule has 0 fully saturated rings. The SMILES string of the molecule is Cn1ncc2c1C[C@H](C(=O)O)CCC2. The number of carbonyl (C=O) groups is 1. The van der Waals surface area contributed by atoms with Crippen LogP contribution in [0.3, 0.4) is 0 Å². The smallest absolute Gasteiger partial charge is 0.306 e. The van der Waals surface area contributed by atoms with Crippen LogP contribution < -0.4 is 0 Å². The Bertz CT molecular complexity index is 357. The number of aromatic nitrogens is 2. The van der Waals surface area contributed by atoms with Gasteiger partial charge in [0, 0.05) is 19.2 Å². The highest BCUT2D eigenvalue weighted by Crippen LogP contribution is 2.24. The second-order valence-electron chi connectivity index (χ2n) is 3.87. The molecule has 1 aromatic rings. The Labute approximate surface area is 82.5 Å². The van der Waals surface area contributed by atoms with E-state index in [4.69, 9.17) is 5.11 Å². The molecule has 1 heterocycles. The van der Waals surface area contributed by atoms with Gasteiger partial charge in [-0.15, -0.1) is 0 Å². The Kier molecular flexibility index (Phi) is 2.27. The third-order valence-electron chi connectivity index (χ3n) is 2.94. The lowest BCUT2D eigenvalue weighted by atomic mass is 10.0. The van der Waals surface area contributed by atoms with Gasteiger partial charge in [-0.1, -0.05) is 0 Å². The molecule has 1 atom stereocenters. The van der Waals surface area contributed by atoms with Gasteiger partial charge in [0.2, 0.25) is 0 Å². The Morgan fingerprint density at radius 1 is 1.71 bits per heavy atom. The highest BCUT2D eigenvalue weighted by molar-refractivity contribution is 5.70. The Hall–Kier alpha value is -1.32. The van der Waals surface area contributed by atoms with Gasteiger partial charge in [-0.25, -0.2) is 0 Å². The van der Waals surface area contributed by atoms with Crippen molar-refractivity contribution in [1.29, 1.82) is 0 Å². The molecule has 1 aromatic heterocycles. The van der Waals surface area contributed by atoms with Crippen LogP contribution in [0, 0.1) is 5.92 Å². The van der Waals surface area contributed by atoms with E-state index in [1.54, 1.807) is 4.68 Å². The van der Waals surface area contributed by atoms with E-state index in [0.717, 1.165) is 25.0 Å². The number of carboxylic acid groups (broad SMARTS) is 1. The van der Waals surface area contributed by atoms with Crippen LogP contribution in [0.4, 0.5) is 0 Å². The lowest BCUT2D eigenvalue weighted by Gasteiger charge is -2.08. The van der Waals surface area contributed by atoms with Crippen LogP contribution in [0.2, 0.25) is 0 Å². The largest absolute Gasteiger partial charge is 0.481 e. The zero-order valence-corrected chi connectivity index (χ0v) is 8.23. The molecule has 1 N–H and O–H groups in total. The topological polar surface area (TPSA) is 55.1 Å². The average Bonchev–Trinajstić information content (AvgIpc) is 2.40. The Morgan fingerprint density at radius 2 is 2.50 bits per heavy atom. The van der Waals surface area contributed by atoms with E-state index in [-0.39, 0.29) is 5.92 Å². The van der Waals surface area contributed by atoms with Crippen molar-refractivity contribution in [3.05, 3.63) is 17.5 Å². The summed E-state index contributed by atoms with van der Waals surface area (Å²) in [5, 5.41) is 13.1. The van der Waals surface area contributed by atoms with Crippen LogP contribution >= 0.6 is 0 Å². The molecule has 0 aromatic carbocycles. The summed E-state index contributed by atoms with van der Waals surface area (Å²) in [7, 11) is 1.88. The fourth-order valence-corrected chi connectivity index (χ4v) is 2.07. The summed E-state index contributed by atoms with van der Waals surface area (Å²) >= 11 is 0. The predicted molar refractivity (Wildman–Crippen MR) is 51.0 cm³/mol. The normalized spacial score (nSPS) is 21.4. The summed E-state index contributed by atoms with van der Waals surface area (Å²) < 4.78 is 1.80. The molecule has 0 amide bonds. The highest BCUT2D eigenvalue weighted by atomic mass is 16.4. The lowest BCUT2D eigenvalue weighted by Crippen LogP contribution is -2.17. The van der Waals surface area contributed by atoms with Crippen LogP contribution in [0.1, 0.15) is 24.1 Å². The zero-order chi connectivity index (χ0) is 10.1. The summed E-state index contributed by atoms with van der Waals surface area (Å²) in [5.41, 5.74) is 2.31. The van der Waals surface area contributed by atoms with E-state index in [2.05, 4.69) is 5.10 Å². The maximum absolute atomic E-state index is 10.9. The molecule has 14 heavy (non-hydrogen) atoms. The van der Waals surface area contributed by atoms with Crippen LogP contribution in [0.15, 0.2) is 6.20 Å². The van der Waals surface area contributed by atoms with Crippen molar-refractivity contribution in [3.8, 4) is 0 Å². The molecule has 0 bridgehead atoms. The van der Waals surface area contributed by atoms with Crippen LogP contribution in [-0.2, 0) is 24.7 Å². The number of hydrogen-bond acceptors (Lipinski definition) is 2. The van der Waals surface area contributed by atoms with E-state index >= 15 is 0 Å². The third kappa shape index (κ3) is 1.52. The van der Waals surface area contributed by atoms with Crippen molar-refractivity contribution in [2.24, 2.45) is 13.0 Å². The van der Waals surface area contributed by atoms with Gasteiger partial charge in [-0.05, 0) is 24.8 Å². The fraction of sp³-hybridized carbons (Fsp3) is 0.600. The molecular weight excluding hydrogens is 180 g/mol. The minimum atomic E-state index is -0.681. The van der Waals surface area contributed by atoms with Crippen LogP contribution in [0.25, 0.3) is 0 Å². The molecule has 1 aliphatic carbocycles. The van der Waals surface area contributed by atoms with Gasteiger partial charge in [0.25, 0.3) is 0 Å². The van der Waals surface area contributed by atoms with Gasteiger partial charge < -0.3 is 5.11 Å².